The van der Waals surface area contributed by atoms with Gasteiger partial charge in [-0.3, -0.25) is 0 Å². The van der Waals surface area contributed by atoms with Crippen LogP contribution in [0.25, 0.3) is 0 Å². The molecule has 0 amide bonds. The van der Waals surface area contributed by atoms with E-state index in [1.54, 1.807) is 6.92 Å². The number of halogens is 1. The second-order valence-corrected chi connectivity index (χ2v) is 3.31. The van der Waals surface area contributed by atoms with Crippen LogP contribution in [0, 0.1) is 12.7 Å². The van der Waals surface area contributed by atoms with E-state index in [1.165, 1.54) is 12.1 Å². The van der Waals surface area contributed by atoms with Crippen molar-refractivity contribution in [3.63, 3.8) is 0 Å². The molecule has 13 heavy (non-hydrogen) atoms. The van der Waals surface area contributed by atoms with Crippen molar-refractivity contribution in [3.8, 4) is 5.75 Å². The fourth-order valence-electron chi connectivity index (χ4n) is 1.05. The molecule has 3 heteroatoms. The molecule has 0 aliphatic carbocycles. The number of hydrogen-bond donors (Lipinski definition) is 1. The summed E-state index contributed by atoms with van der Waals surface area (Å²) in [4.78, 5) is 0. The zero-order valence-corrected chi connectivity index (χ0v) is 8.10. The maximum Gasteiger partial charge on any atom is 0.146 e. The molecule has 1 rings (SSSR count). The van der Waals surface area contributed by atoms with Crippen LogP contribution in [0.5, 0.6) is 5.75 Å². The minimum Gasteiger partial charge on any atom is -0.491 e. The van der Waals surface area contributed by atoms with E-state index in [0.29, 0.717) is 5.75 Å². The first-order valence-corrected chi connectivity index (χ1v) is 4.23. The van der Waals surface area contributed by atoms with Gasteiger partial charge in [-0.1, -0.05) is 0 Å². The number of rotatable bonds is 2. The van der Waals surface area contributed by atoms with Gasteiger partial charge in [0.1, 0.15) is 11.6 Å². The fraction of sp³-hybridized carbons (Fsp3) is 0.400. The Balaban J connectivity index is 3.01. The van der Waals surface area contributed by atoms with Crippen molar-refractivity contribution in [1.82, 2.24) is 0 Å². The van der Waals surface area contributed by atoms with Crippen molar-refractivity contribution in [2.75, 3.05) is 5.73 Å². The van der Waals surface area contributed by atoms with E-state index in [9.17, 15) is 4.39 Å². The lowest BCUT2D eigenvalue weighted by Crippen LogP contribution is -2.07. The van der Waals surface area contributed by atoms with Crippen LogP contribution in [0.3, 0.4) is 0 Å². The van der Waals surface area contributed by atoms with Gasteiger partial charge in [0.05, 0.1) is 11.8 Å². The molecule has 0 spiro atoms. The van der Waals surface area contributed by atoms with Crippen molar-refractivity contribution >= 4 is 5.69 Å². The molecule has 72 valence electrons. The first kappa shape index (κ1) is 9.84. The number of nitrogen functional groups attached to an aromatic ring is 1. The standard InChI is InChI=1S/C10H14FNO/c1-6(2)13-10-5-9(12)8(11)4-7(10)3/h4-6H,12H2,1-3H3. The third kappa shape index (κ3) is 2.34. The summed E-state index contributed by atoms with van der Waals surface area (Å²) in [5.41, 5.74) is 6.30. The molecule has 1 aromatic rings. The predicted octanol–water partition coefficient (Wildman–Crippen LogP) is 2.50. The quantitative estimate of drug-likeness (QED) is 0.715. The monoisotopic (exact) mass is 183 g/mol. The van der Waals surface area contributed by atoms with Crippen molar-refractivity contribution in [2.45, 2.75) is 26.9 Å². The van der Waals surface area contributed by atoms with Crippen LogP contribution < -0.4 is 10.5 Å². The molecule has 0 saturated heterocycles. The summed E-state index contributed by atoms with van der Waals surface area (Å²) in [6.07, 6.45) is 0.0727. The number of ether oxygens (including phenoxy) is 1. The topological polar surface area (TPSA) is 35.2 Å². The highest BCUT2D eigenvalue weighted by Crippen LogP contribution is 2.24. The van der Waals surface area contributed by atoms with Crippen molar-refractivity contribution in [3.05, 3.63) is 23.5 Å². The second kappa shape index (κ2) is 3.64. The molecule has 0 radical (unpaired) electrons. The summed E-state index contributed by atoms with van der Waals surface area (Å²) >= 11 is 0. The van der Waals surface area contributed by atoms with Crippen LogP contribution in [0.1, 0.15) is 19.4 Å². The lowest BCUT2D eigenvalue weighted by molar-refractivity contribution is 0.240. The number of nitrogens with two attached hydrogens (primary N) is 1. The largest absolute Gasteiger partial charge is 0.491 e. The Labute approximate surface area is 77.5 Å². The first-order chi connectivity index (χ1) is 6.00. The molecular formula is C10H14FNO. The Morgan fingerprint density at radius 1 is 1.38 bits per heavy atom. The van der Waals surface area contributed by atoms with E-state index < -0.39 is 5.82 Å². The summed E-state index contributed by atoms with van der Waals surface area (Å²) in [5, 5.41) is 0. The van der Waals surface area contributed by atoms with Gasteiger partial charge >= 0.3 is 0 Å². The highest BCUT2D eigenvalue weighted by atomic mass is 19.1. The summed E-state index contributed by atoms with van der Waals surface area (Å²) in [5.74, 6) is 0.252. The fourth-order valence-corrected chi connectivity index (χ4v) is 1.05. The average Bonchev–Trinajstić information content (AvgIpc) is 1.99. The number of benzene rings is 1. The average molecular weight is 183 g/mol. The summed E-state index contributed by atoms with van der Waals surface area (Å²) in [6.45, 7) is 5.62. The van der Waals surface area contributed by atoms with Crippen LogP contribution in [-0.4, -0.2) is 6.10 Å². The molecular weight excluding hydrogens is 169 g/mol. The minimum atomic E-state index is -0.395. The molecule has 1 aromatic carbocycles. The van der Waals surface area contributed by atoms with Gasteiger partial charge in [-0.25, -0.2) is 4.39 Å². The van der Waals surface area contributed by atoms with E-state index >= 15 is 0 Å². The highest BCUT2D eigenvalue weighted by Gasteiger charge is 2.06. The number of aryl methyl sites for hydroxylation is 1. The lowest BCUT2D eigenvalue weighted by atomic mass is 10.2. The Bertz CT molecular complexity index is 310. The van der Waals surface area contributed by atoms with Gasteiger partial charge in [0.2, 0.25) is 0 Å². The van der Waals surface area contributed by atoms with E-state index in [4.69, 9.17) is 10.5 Å². The zero-order chi connectivity index (χ0) is 10.0. The van der Waals surface area contributed by atoms with E-state index in [2.05, 4.69) is 0 Å². The Morgan fingerprint density at radius 2 is 2.00 bits per heavy atom. The number of anilines is 1. The van der Waals surface area contributed by atoms with Crippen molar-refractivity contribution in [2.24, 2.45) is 0 Å². The SMILES string of the molecule is Cc1cc(F)c(N)cc1OC(C)C. The van der Waals surface area contributed by atoms with Crippen LogP contribution in [0.2, 0.25) is 0 Å². The molecule has 0 aliphatic heterocycles. The molecule has 0 aromatic heterocycles. The Hall–Kier alpha value is -1.25. The van der Waals surface area contributed by atoms with E-state index in [-0.39, 0.29) is 11.8 Å². The van der Waals surface area contributed by atoms with Crippen molar-refractivity contribution < 1.29 is 9.13 Å². The molecule has 2 nitrogen and oxygen atoms in total. The van der Waals surface area contributed by atoms with E-state index in [0.717, 1.165) is 5.56 Å². The summed E-state index contributed by atoms with van der Waals surface area (Å²) in [7, 11) is 0. The normalized spacial score (nSPS) is 10.5. The molecule has 0 aliphatic rings. The van der Waals surface area contributed by atoms with Gasteiger partial charge in [0, 0.05) is 6.07 Å². The molecule has 0 atom stereocenters. The molecule has 0 bridgehead atoms. The van der Waals surface area contributed by atoms with Gasteiger partial charge < -0.3 is 10.5 Å². The van der Waals surface area contributed by atoms with E-state index in [1.807, 2.05) is 13.8 Å². The third-order valence-electron chi connectivity index (χ3n) is 1.66. The smallest absolute Gasteiger partial charge is 0.146 e. The van der Waals surface area contributed by atoms with Crippen LogP contribution >= 0.6 is 0 Å². The summed E-state index contributed by atoms with van der Waals surface area (Å²) < 4.78 is 18.4. The van der Waals surface area contributed by atoms with Gasteiger partial charge in [-0.15, -0.1) is 0 Å². The van der Waals surface area contributed by atoms with Gasteiger partial charge in [-0.05, 0) is 32.4 Å². The molecule has 0 heterocycles. The predicted molar refractivity (Wildman–Crippen MR) is 51.3 cm³/mol. The molecule has 0 fully saturated rings. The second-order valence-electron chi connectivity index (χ2n) is 3.31. The number of hydrogen-bond acceptors (Lipinski definition) is 2. The third-order valence-corrected chi connectivity index (χ3v) is 1.66. The zero-order valence-electron chi connectivity index (χ0n) is 8.10. The van der Waals surface area contributed by atoms with Gasteiger partial charge in [0.15, 0.2) is 0 Å². The van der Waals surface area contributed by atoms with Gasteiger partial charge in [0.25, 0.3) is 0 Å². The minimum absolute atomic E-state index is 0.0727. The maximum atomic E-state index is 12.9. The Morgan fingerprint density at radius 3 is 2.54 bits per heavy atom. The van der Waals surface area contributed by atoms with Crippen LogP contribution in [0.15, 0.2) is 12.1 Å². The molecule has 2 N–H and O–H groups in total. The van der Waals surface area contributed by atoms with Crippen molar-refractivity contribution in [1.29, 1.82) is 0 Å². The van der Waals surface area contributed by atoms with Crippen LogP contribution in [0.4, 0.5) is 10.1 Å². The molecule has 0 unspecified atom stereocenters. The molecule has 0 saturated carbocycles. The first-order valence-electron chi connectivity index (χ1n) is 4.23. The van der Waals surface area contributed by atoms with Crippen LogP contribution in [-0.2, 0) is 0 Å². The summed E-state index contributed by atoms with van der Waals surface area (Å²) in [6, 6.07) is 2.90. The lowest BCUT2D eigenvalue weighted by Gasteiger charge is -2.13. The Kier molecular flexibility index (Phi) is 2.76. The maximum absolute atomic E-state index is 12.9. The highest BCUT2D eigenvalue weighted by molar-refractivity contribution is 5.49. The van der Waals surface area contributed by atoms with Gasteiger partial charge in [-0.2, -0.15) is 0 Å².